The highest BCUT2D eigenvalue weighted by molar-refractivity contribution is 14.0. The lowest BCUT2D eigenvalue weighted by molar-refractivity contribution is -0.137. The molecule has 1 unspecified atom stereocenters. The second-order valence-corrected chi connectivity index (χ2v) is 6.11. The van der Waals surface area contributed by atoms with Gasteiger partial charge in [-0.3, -0.25) is 9.79 Å². The average Bonchev–Trinajstić information content (AvgIpc) is 3.05. The van der Waals surface area contributed by atoms with Gasteiger partial charge in [0.1, 0.15) is 5.82 Å². The van der Waals surface area contributed by atoms with E-state index in [1.54, 1.807) is 7.05 Å². The van der Waals surface area contributed by atoms with Crippen LogP contribution in [0, 0.1) is 0 Å². The molecule has 1 aromatic rings. The number of aromatic nitrogens is 1. The average molecular weight is 521 g/mol. The van der Waals surface area contributed by atoms with E-state index in [1.165, 1.54) is 7.05 Å². The van der Waals surface area contributed by atoms with E-state index in [0.717, 1.165) is 18.7 Å². The standard InChI is InChI=1S/C15H20ClF3N6O.HI/c1-20-12(26)7-23-14(21-2)24-10-3-4-25(8-10)13-11(16)5-9(6-22-13)15(17,18)19;/h5-6,10H,3-4,7-8H2,1-2H3,(H,20,26)(H2,21,23,24);1H. The summed E-state index contributed by atoms with van der Waals surface area (Å²) in [6.07, 6.45) is -2.97. The highest BCUT2D eigenvalue weighted by Crippen LogP contribution is 2.34. The number of halogens is 5. The molecule has 3 N–H and O–H groups in total. The summed E-state index contributed by atoms with van der Waals surface area (Å²) < 4.78 is 38.1. The van der Waals surface area contributed by atoms with E-state index < -0.39 is 11.7 Å². The Hall–Kier alpha value is -1.50. The first-order chi connectivity index (χ1) is 12.2. The number of nitrogens with one attached hydrogen (secondary N) is 3. The summed E-state index contributed by atoms with van der Waals surface area (Å²) in [7, 11) is 3.12. The van der Waals surface area contributed by atoms with Gasteiger partial charge in [0.05, 0.1) is 17.1 Å². The fourth-order valence-electron chi connectivity index (χ4n) is 2.53. The molecule has 12 heteroatoms. The second-order valence-electron chi connectivity index (χ2n) is 5.70. The molecule has 0 saturated carbocycles. The normalized spacial score (nSPS) is 17.3. The van der Waals surface area contributed by atoms with Crippen molar-refractivity contribution in [3.63, 3.8) is 0 Å². The monoisotopic (exact) mass is 520 g/mol. The van der Waals surface area contributed by atoms with Crippen LogP contribution >= 0.6 is 35.6 Å². The first-order valence-electron chi connectivity index (χ1n) is 7.90. The van der Waals surface area contributed by atoms with Gasteiger partial charge in [-0.1, -0.05) is 11.6 Å². The number of hydrogen-bond acceptors (Lipinski definition) is 4. The van der Waals surface area contributed by atoms with E-state index in [-0.39, 0.29) is 47.5 Å². The number of nitrogens with zero attached hydrogens (tertiary/aromatic N) is 3. The lowest BCUT2D eigenvalue weighted by Gasteiger charge is -2.21. The van der Waals surface area contributed by atoms with Crippen LogP contribution in [0.25, 0.3) is 0 Å². The molecule has 1 saturated heterocycles. The minimum Gasteiger partial charge on any atom is -0.358 e. The molecule has 2 heterocycles. The van der Waals surface area contributed by atoms with Crippen molar-refractivity contribution in [3.05, 3.63) is 22.8 Å². The second kappa shape index (κ2) is 10.2. The molecule has 152 valence electrons. The van der Waals surface area contributed by atoms with Crippen LogP contribution in [-0.4, -0.2) is 56.6 Å². The van der Waals surface area contributed by atoms with Crippen molar-refractivity contribution in [2.24, 2.45) is 4.99 Å². The maximum Gasteiger partial charge on any atom is 0.417 e. The molecule has 0 spiro atoms. The Balaban J connectivity index is 0.00000364. The molecule has 0 radical (unpaired) electrons. The van der Waals surface area contributed by atoms with Gasteiger partial charge < -0.3 is 20.9 Å². The van der Waals surface area contributed by atoms with Crippen LogP contribution in [0.4, 0.5) is 19.0 Å². The van der Waals surface area contributed by atoms with Crippen molar-refractivity contribution < 1.29 is 18.0 Å². The quantitative estimate of drug-likeness (QED) is 0.321. The molecule has 2 rings (SSSR count). The third-order valence-electron chi connectivity index (χ3n) is 3.90. The molecule has 0 aliphatic carbocycles. The lowest BCUT2D eigenvalue weighted by Crippen LogP contribution is -2.47. The molecule has 1 aliphatic rings. The van der Waals surface area contributed by atoms with Crippen molar-refractivity contribution >= 4 is 53.3 Å². The summed E-state index contributed by atoms with van der Waals surface area (Å²) >= 11 is 5.99. The molecule has 0 aromatic carbocycles. The highest BCUT2D eigenvalue weighted by Gasteiger charge is 2.33. The van der Waals surface area contributed by atoms with E-state index in [1.807, 2.05) is 4.90 Å². The molecule has 0 bridgehead atoms. The van der Waals surface area contributed by atoms with Gasteiger partial charge >= 0.3 is 6.18 Å². The van der Waals surface area contributed by atoms with Crippen molar-refractivity contribution in [3.8, 4) is 0 Å². The molecule has 27 heavy (non-hydrogen) atoms. The number of pyridine rings is 1. The predicted octanol–water partition coefficient (Wildman–Crippen LogP) is 1.86. The molecule has 7 nitrogen and oxygen atoms in total. The highest BCUT2D eigenvalue weighted by atomic mass is 127. The van der Waals surface area contributed by atoms with Gasteiger partial charge in [0.2, 0.25) is 5.91 Å². The smallest absolute Gasteiger partial charge is 0.358 e. The summed E-state index contributed by atoms with van der Waals surface area (Å²) in [4.78, 5) is 21.0. The predicted molar refractivity (Wildman–Crippen MR) is 109 cm³/mol. The Kier molecular flexibility index (Phi) is 8.85. The summed E-state index contributed by atoms with van der Waals surface area (Å²) in [5.41, 5.74) is -0.876. The van der Waals surface area contributed by atoms with Crippen LogP contribution in [0.15, 0.2) is 17.3 Å². The van der Waals surface area contributed by atoms with E-state index >= 15 is 0 Å². The topological polar surface area (TPSA) is 81.6 Å². The minimum atomic E-state index is -4.48. The number of likely N-dealkylation sites (N-methyl/N-ethyl adjacent to an activating group) is 1. The summed E-state index contributed by atoms with van der Waals surface area (Å²) in [5.74, 6) is 0.603. The number of alkyl halides is 3. The van der Waals surface area contributed by atoms with Crippen LogP contribution in [-0.2, 0) is 11.0 Å². The van der Waals surface area contributed by atoms with Gasteiger partial charge in [0.15, 0.2) is 5.96 Å². The van der Waals surface area contributed by atoms with Gasteiger partial charge in [-0.05, 0) is 12.5 Å². The first-order valence-corrected chi connectivity index (χ1v) is 8.28. The van der Waals surface area contributed by atoms with Crippen molar-refractivity contribution in [1.29, 1.82) is 0 Å². The van der Waals surface area contributed by atoms with E-state index in [0.29, 0.717) is 24.9 Å². The number of rotatable bonds is 4. The maximum absolute atomic E-state index is 12.7. The largest absolute Gasteiger partial charge is 0.417 e. The molecule has 1 amide bonds. The Bertz CT molecular complexity index is 688. The SMILES string of the molecule is CN=C(NCC(=O)NC)NC1CCN(c2ncc(C(F)(F)F)cc2Cl)C1.I. The fourth-order valence-corrected chi connectivity index (χ4v) is 2.82. The fraction of sp³-hybridized carbons (Fsp3) is 0.533. The van der Waals surface area contributed by atoms with Crippen LogP contribution in [0.5, 0.6) is 0 Å². The number of aliphatic imine (C=N–C) groups is 1. The van der Waals surface area contributed by atoms with E-state index in [9.17, 15) is 18.0 Å². The number of hydrogen-bond donors (Lipinski definition) is 3. The van der Waals surface area contributed by atoms with Crippen molar-refractivity contribution in [1.82, 2.24) is 20.9 Å². The number of carbonyl (C=O) groups is 1. The maximum atomic E-state index is 12.7. The lowest BCUT2D eigenvalue weighted by atomic mass is 10.2. The zero-order valence-electron chi connectivity index (χ0n) is 14.7. The summed E-state index contributed by atoms with van der Waals surface area (Å²) in [6.45, 7) is 1.17. The van der Waals surface area contributed by atoms with Gasteiger partial charge in [-0.25, -0.2) is 4.98 Å². The third-order valence-corrected chi connectivity index (χ3v) is 4.17. The van der Waals surface area contributed by atoms with Crippen molar-refractivity contribution in [2.75, 3.05) is 38.6 Å². The Morgan fingerprint density at radius 3 is 2.74 bits per heavy atom. The molecular weight excluding hydrogens is 500 g/mol. The van der Waals surface area contributed by atoms with E-state index in [4.69, 9.17) is 11.6 Å². The molecule has 1 fully saturated rings. The van der Waals surface area contributed by atoms with Gasteiger partial charge in [-0.2, -0.15) is 13.2 Å². The van der Waals surface area contributed by atoms with E-state index in [2.05, 4.69) is 25.9 Å². The van der Waals surface area contributed by atoms with Crippen LogP contribution in [0.2, 0.25) is 5.02 Å². The Morgan fingerprint density at radius 1 is 1.48 bits per heavy atom. The van der Waals surface area contributed by atoms with Crippen LogP contribution < -0.4 is 20.9 Å². The van der Waals surface area contributed by atoms with Gasteiger partial charge in [0.25, 0.3) is 0 Å². The molecule has 1 atom stereocenters. The van der Waals surface area contributed by atoms with Crippen LogP contribution in [0.1, 0.15) is 12.0 Å². The Morgan fingerprint density at radius 2 is 2.19 bits per heavy atom. The summed E-state index contributed by atoms with van der Waals surface area (Å²) in [6, 6.07) is 0.875. The number of amides is 1. The van der Waals surface area contributed by atoms with Crippen LogP contribution in [0.3, 0.4) is 0 Å². The molecule has 1 aliphatic heterocycles. The van der Waals surface area contributed by atoms with Gasteiger partial charge in [0, 0.05) is 39.4 Å². The third kappa shape index (κ3) is 6.55. The summed E-state index contributed by atoms with van der Waals surface area (Å²) in [5, 5.41) is 8.50. The minimum absolute atomic E-state index is 0. The Labute approximate surface area is 177 Å². The van der Waals surface area contributed by atoms with Gasteiger partial charge in [-0.15, -0.1) is 24.0 Å². The number of guanidine groups is 1. The first kappa shape index (κ1) is 23.5. The molecular formula is C15H21ClF3IN6O. The number of anilines is 1. The number of carbonyl (C=O) groups excluding carboxylic acids is 1. The zero-order chi connectivity index (χ0) is 19.3. The zero-order valence-corrected chi connectivity index (χ0v) is 17.8. The molecule has 1 aromatic heterocycles. The van der Waals surface area contributed by atoms with Crippen molar-refractivity contribution in [2.45, 2.75) is 18.6 Å².